The summed E-state index contributed by atoms with van der Waals surface area (Å²) in [5, 5.41) is 12.3. The zero-order valence-electron chi connectivity index (χ0n) is 13.3. The van der Waals surface area contributed by atoms with E-state index in [2.05, 4.69) is 11.9 Å². The van der Waals surface area contributed by atoms with Gasteiger partial charge in [0.15, 0.2) is 6.04 Å². The van der Waals surface area contributed by atoms with Gasteiger partial charge in [-0.2, -0.15) is 0 Å². The Bertz CT molecular complexity index is 571. The van der Waals surface area contributed by atoms with E-state index in [0.717, 1.165) is 5.56 Å². The molecule has 0 fully saturated rings. The number of nitrogens with one attached hydrogen (secondary N) is 1. The first-order chi connectivity index (χ1) is 10.8. The lowest BCUT2D eigenvalue weighted by molar-refractivity contribution is -0.145. The van der Waals surface area contributed by atoms with Crippen LogP contribution >= 0.6 is 11.6 Å². The maximum Gasteiger partial charge on any atom is 0.328 e. The van der Waals surface area contributed by atoms with Crippen molar-refractivity contribution in [2.24, 2.45) is 5.41 Å². The Morgan fingerprint density at radius 3 is 2.74 bits per heavy atom. The van der Waals surface area contributed by atoms with Crippen molar-refractivity contribution in [2.75, 3.05) is 13.2 Å². The molecule has 0 saturated carbocycles. The predicted molar refractivity (Wildman–Crippen MR) is 89.5 cm³/mol. The van der Waals surface area contributed by atoms with Crippen molar-refractivity contribution in [1.82, 2.24) is 5.32 Å². The van der Waals surface area contributed by atoms with Crippen molar-refractivity contribution in [2.45, 2.75) is 26.3 Å². The fourth-order valence-electron chi connectivity index (χ4n) is 2.04. The number of hydrogen-bond acceptors (Lipinski definition) is 3. The van der Waals surface area contributed by atoms with Crippen LogP contribution in [0.1, 0.15) is 19.4 Å². The maximum absolute atomic E-state index is 12.4. The number of carbonyl (C=O) groups is 2. The van der Waals surface area contributed by atoms with Crippen LogP contribution in [0, 0.1) is 5.41 Å². The zero-order valence-corrected chi connectivity index (χ0v) is 14.1. The lowest BCUT2D eigenvalue weighted by Crippen LogP contribution is -2.49. The molecule has 0 spiro atoms. The van der Waals surface area contributed by atoms with Crippen LogP contribution < -0.4 is 5.32 Å². The number of carboxylic acids is 1. The number of amides is 1. The fourth-order valence-corrected chi connectivity index (χ4v) is 2.25. The summed E-state index contributed by atoms with van der Waals surface area (Å²) in [6.45, 7) is 7.12. The van der Waals surface area contributed by atoms with Gasteiger partial charge < -0.3 is 15.2 Å². The van der Waals surface area contributed by atoms with E-state index in [1.165, 1.54) is 6.08 Å². The number of rotatable bonds is 9. The summed E-state index contributed by atoms with van der Waals surface area (Å²) < 4.78 is 5.12. The van der Waals surface area contributed by atoms with Gasteiger partial charge in [0.1, 0.15) is 0 Å². The van der Waals surface area contributed by atoms with Crippen LogP contribution in [-0.4, -0.2) is 36.2 Å². The van der Waals surface area contributed by atoms with E-state index in [1.54, 1.807) is 26.0 Å². The average Bonchev–Trinajstić information content (AvgIpc) is 2.45. The smallest absolute Gasteiger partial charge is 0.328 e. The van der Waals surface area contributed by atoms with Crippen LogP contribution in [0.25, 0.3) is 0 Å². The lowest BCUT2D eigenvalue weighted by Gasteiger charge is -2.26. The van der Waals surface area contributed by atoms with E-state index in [1.807, 2.05) is 12.1 Å². The molecule has 1 aromatic carbocycles. The highest BCUT2D eigenvalue weighted by Crippen LogP contribution is 2.24. The molecule has 0 saturated heterocycles. The molecule has 0 bridgehead atoms. The Labute approximate surface area is 141 Å². The van der Waals surface area contributed by atoms with Crippen molar-refractivity contribution < 1.29 is 19.4 Å². The summed E-state index contributed by atoms with van der Waals surface area (Å²) in [6, 6.07) is 6.15. The minimum Gasteiger partial charge on any atom is -0.480 e. The molecule has 0 aliphatic rings. The van der Waals surface area contributed by atoms with Crippen LogP contribution in [0.5, 0.6) is 0 Å². The highest BCUT2D eigenvalue weighted by molar-refractivity contribution is 6.30. The molecule has 23 heavy (non-hydrogen) atoms. The first kappa shape index (κ1) is 19.2. The van der Waals surface area contributed by atoms with Gasteiger partial charge in [-0.1, -0.05) is 43.7 Å². The summed E-state index contributed by atoms with van der Waals surface area (Å²) in [5.41, 5.74) is 0.129. The summed E-state index contributed by atoms with van der Waals surface area (Å²) in [5.74, 6) is -1.49. The van der Waals surface area contributed by atoms with Gasteiger partial charge in [0.05, 0.1) is 13.2 Å². The van der Waals surface area contributed by atoms with Crippen molar-refractivity contribution in [3.8, 4) is 0 Å². The monoisotopic (exact) mass is 339 g/mol. The first-order valence-corrected chi connectivity index (χ1v) is 7.61. The Morgan fingerprint density at radius 1 is 1.48 bits per heavy atom. The molecule has 0 aliphatic carbocycles. The summed E-state index contributed by atoms with van der Waals surface area (Å²) in [4.78, 5) is 23.6. The Balaban J connectivity index is 2.71. The number of aliphatic carboxylic acids is 1. The molecule has 1 atom stereocenters. The molecule has 0 aliphatic heterocycles. The van der Waals surface area contributed by atoms with Crippen LogP contribution in [0.2, 0.25) is 5.02 Å². The Hall–Kier alpha value is -1.85. The van der Waals surface area contributed by atoms with Gasteiger partial charge in [0, 0.05) is 10.4 Å². The van der Waals surface area contributed by atoms with Gasteiger partial charge in [0.2, 0.25) is 5.91 Å². The molecule has 126 valence electrons. The fraction of sp³-hybridized carbons (Fsp3) is 0.412. The molecular formula is C17H22ClNO4. The summed E-state index contributed by atoms with van der Waals surface area (Å²) in [7, 11) is 0. The van der Waals surface area contributed by atoms with Crippen LogP contribution in [0.15, 0.2) is 36.9 Å². The van der Waals surface area contributed by atoms with Crippen molar-refractivity contribution in [1.29, 1.82) is 0 Å². The second-order valence-corrected chi connectivity index (χ2v) is 6.32. The van der Waals surface area contributed by atoms with E-state index >= 15 is 0 Å². The van der Waals surface area contributed by atoms with Gasteiger partial charge in [-0.05, 0) is 24.1 Å². The van der Waals surface area contributed by atoms with Gasteiger partial charge in [-0.3, -0.25) is 4.79 Å². The second-order valence-electron chi connectivity index (χ2n) is 5.88. The van der Waals surface area contributed by atoms with Crippen molar-refractivity contribution in [3.05, 3.63) is 47.5 Å². The number of carboxylic acid groups (broad SMARTS) is 1. The van der Waals surface area contributed by atoms with E-state index in [4.69, 9.17) is 16.3 Å². The van der Waals surface area contributed by atoms with E-state index in [0.29, 0.717) is 11.4 Å². The third-order valence-corrected chi connectivity index (χ3v) is 3.51. The number of halogens is 1. The molecule has 0 aromatic heterocycles. The lowest BCUT2D eigenvalue weighted by atomic mass is 9.84. The standard InChI is InChI=1S/C17H22ClNO4/c1-4-8-23-11-14(15(20)21)19-16(22)17(2,3)10-12-6-5-7-13(18)9-12/h4-7,9,14H,1,8,10-11H2,2-3H3,(H,19,22)(H,20,21). The average molecular weight is 340 g/mol. The van der Waals surface area contributed by atoms with E-state index < -0.39 is 17.4 Å². The molecule has 2 N–H and O–H groups in total. The highest BCUT2D eigenvalue weighted by atomic mass is 35.5. The highest BCUT2D eigenvalue weighted by Gasteiger charge is 2.31. The number of ether oxygens (including phenoxy) is 1. The quantitative estimate of drug-likeness (QED) is 0.535. The topological polar surface area (TPSA) is 75.6 Å². The molecule has 1 aromatic rings. The summed E-state index contributed by atoms with van der Waals surface area (Å²) >= 11 is 5.95. The minimum atomic E-state index is -1.14. The molecule has 6 heteroatoms. The Kier molecular flexibility index (Phi) is 7.26. The second kappa shape index (κ2) is 8.70. The zero-order chi connectivity index (χ0) is 17.5. The van der Waals surface area contributed by atoms with Gasteiger partial charge in [-0.25, -0.2) is 4.79 Å². The molecule has 0 radical (unpaired) electrons. The van der Waals surface area contributed by atoms with Gasteiger partial charge in [0.25, 0.3) is 0 Å². The molecular weight excluding hydrogens is 318 g/mol. The largest absolute Gasteiger partial charge is 0.480 e. The van der Waals surface area contributed by atoms with Crippen LogP contribution in [0.3, 0.4) is 0 Å². The molecule has 1 rings (SSSR count). The van der Waals surface area contributed by atoms with E-state index in [-0.39, 0.29) is 19.1 Å². The molecule has 0 heterocycles. The first-order valence-electron chi connectivity index (χ1n) is 7.23. The molecule has 1 unspecified atom stereocenters. The third kappa shape index (κ3) is 6.42. The maximum atomic E-state index is 12.4. The Morgan fingerprint density at radius 2 is 2.17 bits per heavy atom. The van der Waals surface area contributed by atoms with Gasteiger partial charge >= 0.3 is 5.97 Å². The third-order valence-electron chi connectivity index (χ3n) is 3.27. The van der Waals surface area contributed by atoms with Gasteiger partial charge in [-0.15, -0.1) is 6.58 Å². The van der Waals surface area contributed by atoms with E-state index in [9.17, 15) is 14.7 Å². The normalized spacial score (nSPS) is 12.5. The predicted octanol–water partition coefficient (Wildman–Crippen LogP) is 2.68. The van der Waals surface area contributed by atoms with Crippen LogP contribution in [-0.2, 0) is 20.7 Å². The van der Waals surface area contributed by atoms with Crippen molar-refractivity contribution >= 4 is 23.5 Å². The van der Waals surface area contributed by atoms with Crippen LogP contribution in [0.4, 0.5) is 0 Å². The molecule has 5 nitrogen and oxygen atoms in total. The minimum absolute atomic E-state index is 0.111. The van der Waals surface area contributed by atoms with Crippen molar-refractivity contribution in [3.63, 3.8) is 0 Å². The number of benzene rings is 1. The number of carbonyl (C=O) groups excluding carboxylic acids is 1. The SMILES string of the molecule is C=CCOCC(NC(=O)C(C)(C)Cc1cccc(Cl)c1)C(=O)O. The molecule has 1 amide bonds. The summed E-state index contributed by atoms with van der Waals surface area (Å²) in [6.07, 6.45) is 1.96. The number of hydrogen-bond donors (Lipinski definition) is 2.